The Morgan fingerprint density at radius 3 is 1.86 bits per heavy atom. The van der Waals surface area contributed by atoms with E-state index in [0.29, 0.717) is 38.0 Å². The van der Waals surface area contributed by atoms with Crippen LogP contribution >= 0.6 is 0 Å². The fourth-order valence-corrected chi connectivity index (χ4v) is 2.63. The molecule has 0 atom stereocenters. The summed E-state index contributed by atoms with van der Waals surface area (Å²) in [6.07, 6.45) is 1.08. The molecule has 0 aliphatic carbocycles. The molecule has 3 N–H and O–H groups in total. The molecular formula is C15H17NO6. The van der Waals surface area contributed by atoms with Crippen molar-refractivity contribution in [2.24, 2.45) is 5.92 Å². The Hall–Kier alpha value is -2.41. The zero-order valence-electron chi connectivity index (χ0n) is 11.9. The van der Waals surface area contributed by atoms with E-state index in [-0.39, 0.29) is 17.0 Å². The summed E-state index contributed by atoms with van der Waals surface area (Å²) in [6, 6.07) is 4.04. The van der Waals surface area contributed by atoms with Gasteiger partial charge in [0, 0.05) is 6.54 Å². The standard InChI is InChI=1S/C15H17NO6/c17-13(18)10-1-3-16(4-2-10)8-9-5-11(14(19)20)7-12(6-9)15(21)22/h5-7,10H,1-4,8H2,(H,17,18)(H,19,20)(H,21,22). The van der Waals surface area contributed by atoms with Gasteiger partial charge in [-0.25, -0.2) is 9.59 Å². The molecule has 0 unspecified atom stereocenters. The summed E-state index contributed by atoms with van der Waals surface area (Å²) < 4.78 is 0. The predicted octanol–water partition coefficient (Wildman–Crippen LogP) is 1.38. The molecule has 0 aromatic heterocycles. The molecule has 1 aromatic carbocycles. The molecule has 2 rings (SSSR count). The Balaban J connectivity index is 2.11. The quantitative estimate of drug-likeness (QED) is 0.752. The van der Waals surface area contributed by atoms with E-state index in [1.807, 2.05) is 4.90 Å². The van der Waals surface area contributed by atoms with Crippen LogP contribution in [0.5, 0.6) is 0 Å². The van der Waals surface area contributed by atoms with Gasteiger partial charge in [-0.3, -0.25) is 9.69 Å². The fourth-order valence-electron chi connectivity index (χ4n) is 2.63. The van der Waals surface area contributed by atoms with Gasteiger partial charge in [0.05, 0.1) is 17.0 Å². The van der Waals surface area contributed by atoms with Gasteiger partial charge in [-0.1, -0.05) is 0 Å². The first-order valence-electron chi connectivity index (χ1n) is 6.92. The van der Waals surface area contributed by atoms with Gasteiger partial charge in [-0.2, -0.15) is 0 Å². The Bertz CT molecular complexity index is 572. The van der Waals surface area contributed by atoms with Gasteiger partial charge < -0.3 is 15.3 Å². The van der Waals surface area contributed by atoms with Crippen LogP contribution in [0.1, 0.15) is 39.1 Å². The molecule has 7 heteroatoms. The van der Waals surface area contributed by atoms with Crippen LogP contribution in [0.3, 0.4) is 0 Å². The lowest BCUT2D eigenvalue weighted by Crippen LogP contribution is -2.35. The number of piperidine rings is 1. The minimum Gasteiger partial charge on any atom is -0.481 e. The number of benzene rings is 1. The highest BCUT2D eigenvalue weighted by Crippen LogP contribution is 2.20. The molecule has 1 aliphatic rings. The Kier molecular flexibility index (Phi) is 4.77. The second-order valence-electron chi connectivity index (χ2n) is 5.42. The van der Waals surface area contributed by atoms with Crippen molar-refractivity contribution in [2.75, 3.05) is 13.1 Å². The number of likely N-dealkylation sites (tertiary alicyclic amines) is 1. The third-order valence-electron chi connectivity index (χ3n) is 3.83. The van der Waals surface area contributed by atoms with Gasteiger partial charge in [0.1, 0.15) is 0 Å². The molecule has 0 bridgehead atoms. The van der Waals surface area contributed by atoms with Crippen molar-refractivity contribution in [3.05, 3.63) is 34.9 Å². The van der Waals surface area contributed by atoms with E-state index in [0.717, 1.165) is 6.07 Å². The maximum absolute atomic E-state index is 11.1. The van der Waals surface area contributed by atoms with Crippen molar-refractivity contribution < 1.29 is 29.7 Å². The largest absolute Gasteiger partial charge is 0.481 e. The number of carbonyl (C=O) groups is 3. The number of carboxylic acids is 3. The monoisotopic (exact) mass is 307 g/mol. The average molecular weight is 307 g/mol. The molecule has 0 spiro atoms. The van der Waals surface area contributed by atoms with Crippen molar-refractivity contribution in [3.63, 3.8) is 0 Å². The lowest BCUT2D eigenvalue weighted by Gasteiger charge is -2.30. The van der Waals surface area contributed by atoms with Gasteiger partial charge in [0.2, 0.25) is 0 Å². The highest BCUT2D eigenvalue weighted by Gasteiger charge is 2.24. The van der Waals surface area contributed by atoms with Gasteiger partial charge >= 0.3 is 17.9 Å². The molecule has 0 amide bonds. The highest BCUT2D eigenvalue weighted by molar-refractivity contribution is 5.94. The van der Waals surface area contributed by atoms with E-state index in [1.54, 1.807) is 0 Å². The summed E-state index contributed by atoms with van der Waals surface area (Å²) in [5.41, 5.74) is 0.483. The lowest BCUT2D eigenvalue weighted by atomic mass is 9.96. The number of hydrogen-bond donors (Lipinski definition) is 3. The van der Waals surface area contributed by atoms with Crippen molar-refractivity contribution >= 4 is 17.9 Å². The summed E-state index contributed by atoms with van der Waals surface area (Å²) in [5, 5.41) is 27.1. The number of hydrogen-bond acceptors (Lipinski definition) is 4. The van der Waals surface area contributed by atoms with E-state index in [1.165, 1.54) is 12.1 Å². The van der Waals surface area contributed by atoms with E-state index in [4.69, 9.17) is 15.3 Å². The van der Waals surface area contributed by atoms with Crippen LogP contribution < -0.4 is 0 Å². The highest BCUT2D eigenvalue weighted by atomic mass is 16.4. The van der Waals surface area contributed by atoms with Crippen molar-refractivity contribution in [2.45, 2.75) is 19.4 Å². The van der Waals surface area contributed by atoms with Gasteiger partial charge in [-0.05, 0) is 49.7 Å². The van der Waals surface area contributed by atoms with E-state index < -0.39 is 17.9 Å². The second kappa shape index (κ2) is 6.57. The van der Waals surface area contributed by atoms with Crippen LogP contribution in [0.4, 0.5) is 0 Å². The molecule has 118 valence electrons. The fraction of sp³-hybridized carbons (Fsp3) is 0.400. The maximum atomic E-state index is 11.1. The number of rotatable bonds is 5. The lowest BCUT2D eigenvalue weighted by molar-refractivity contribution is -0.143. The zero-order valence-corrected chi connectivity index (χ0v) is 11.9. The summed E-state index contributed by atoms with van der Waals surface area (Å²) in [4.78, 5) is 35.0. The smallest absolute Gasteiger partial charge is 0.335 e. The molecule has 7 nitrogen and oxygen atoms in total. The molecule has 22 heavy (non-hydrogen) atoms. The SMILES string of the molecule is O=C(O)c1cc(CN2CCC(C(=O)O)CC2)cc(C(=O)O)c1. The molecule has 0 radical (unpaired) electrons. The van der Waals surface area contributed by atoms with Gasteiger partial charge in [0.25, 0.3) is 0 Å². The summed E-state index contributed by atoms with van der Waals surface area (Å²) in [5.74, 6) is -3.47. The number of nitrogens with zero attached hydrogens (tertiary/aromatic N) is 1. The summed E-state index contributed by atoms with van der Waals surface area (Å²) in [7, 11) is 0. The van der Waals surface area contributed by atoms with Crippen LogP contribution in [-0.2, 0) is 11.3 Å². The predicted molar refractivity (Wildman–Crippen MR) is 76.0 cm³/mol. The summed E-state index contributed by atoms with van der Waals surface area (Å²) in [6.45, 7) is 1.60. The molecule has 1 aliphatic heterocycles. The Labute approximate surface area is 126 Å². The number of aromatic carboxylic acids is 2. The molecular weight excluding hydrogens is 290 g/mol. The average Bonchev–Trinajstić information content (AvgIpc) is 2.47. The van der Waals surface area contributed by atoms with Crippen LogP contribution in [0.2, 0.25) is 0 Å². The number of carboxylic acid groups (broad SMARTS) is 3. The zero-order chi connectivity index (χ0) is 16.3. The topological polar surface area (TPSA) is 115 Å². The van der Waals surface area contributed by atoms with Crippen LogP contribution in [0, 0.1) is 5.92 Å². The van der Waals surface area contributed by atoms with Crippen LogP contribution in [-0.4, -0.2) is 51.2 Å². The van der Waals surface area contributed by atoms with Crippen molar-refractivity contribution in [3.8, 4) is 0 Å². The van der Waals surface area contributed by atoms with E-state index in [2.05, 4.69) is 0 Å². The van der Waals surface area contributed by atoms with E-state index in [9.17, 15) is 14.4 Å². The first-order valence-corrected chi connectivity index (χ1v) is 6.92. The van der Waals surface area contributed by atoms with Gasteiger partial charge in [0.15, 0.2) is 0 Å². The van der Waals surface area contributed by atoms with Crippen LogP contribution in [0.15, 0.2) is 18.2 Å². The van der Waals surface area contributed by atoms with Crippen molar-refractivity contribution in [1.82, 2.24) is 4.90 Å². The molecule has 0 saturated carbocycles. The number of aliphatic carboxylic acids is 1. The minimum atomic E-state index is -1.17. The minimum absolute atomic E-state index is 0.0599. The first kappa shape index (κ1) is 16.0. The molecule has 1 aromatic rings. The molecule has 1 fully saturated rings. The normalized spacial score (nSPS) is 16.4. The molecule has 1 heterocycles. The van der Waals surface area contributed by atoms with Gasteiger partial charge in [-0.15, -0.1) is 0 Å². The first-order chi connectivity index (χ1) is 10.4. The maximum Gasteiger partial charge on any atom is 0.335 e. The Morgan fingerprint density at radius 1 is 0.955 bits per heavy atom. The van der Waals surface area contributed by atoms with Crippen LogP contribution in [0.25, 0.3) is 0 Å². The van der Waals surface area contributed by atoms with Crippen molar-refractivity contribution in [1.29, 1.82) is 0 Å². The summed E-state index contributed by atoms with van der Waals surface area (Å²) >= 11 is 0. The third kappa shape index (κ3) is 3.82. The third-order valence-corrected chi connectivity index (χ3v) is 3.83. The van der Waals surface area contributed by atoms with E-state index >= 15 is 0 Å². The Morgan fingerprint density at radius 2 is 1.45 bits per heavy atom. The molecule has 1 saturated heterocycles. The second-order valence-corrected chi connectivity index (χ2v) is 5.42.